The zero-order valence-electron chi connectivity index (χ0n) is 9.38. The van der Waals surface area contributed by atoms with Crippen molar-refractivity contribution in [3.05, 3.63) is 0 Å². The third-order valence-electron chi connectivity index (χ3n) is 2.43. The average Bonchev–Trinajstić information content (AvgIpc) is 2.18. The highest BCUT2D eigenvalue weighted by molar-refractivity contribution is 7.99. The zero-order valence-corrected chi connectivity index (χ0v) is 10.2. The summed E-state index contributed by atoms with van der Waals surface area (Å²) in [6, 6.07) is 0. The van der Waals surface area contributed by atoms with Crippen LogP contribution in [0.4, 0.5) is 0 Å². The van der Waals surface area contributed by atoms with Gasteiger partial charge in [0.05, 0.1) is 5.75 Å². The van der Waals surface area contributed by atoms with Gasteiger partial charge in [0.15, 0.2) is 0 Å². The van der Waals surface area contributed by atoms with Crippen LogP contribution in [0.25, 0.3) is 0 Å². The molecular formula is C11H22N2S. The molecule has 1 rings (SSSR count). The summed E-state index contributed by atoms with van der Waals surface area (Å²) in [5.74, 6) is 3.67. The molecule has 0 unspecified atom stereocenters. The topological polar surface area (TPSA) is 27.1 Å². The minimum absolute atomic E-state index is 0.745. The van der Waals surface area contributed by atoms with Crippen LogP contribution in [-0.2, 0) is 0 Å². The summed E-state index contributed by atoms with van der Waals surface area (Å²) in [6.07, 6.45) is 3.90. The minimum Gasteiger partial charge on any atom is -0.360 e. The van der Waals surface area contributed by atoms with E-state index < -0.39 is 0 Å². The van der Waals surface area contributed by atoms with Crippen LogP contribution in [0.2, 0.25) is 0 Å². The monoisotopic (exact) mass is 214 g/mol. The van der Waals surface area contributed by atoms with Gasteiger partial charge in [-0.1, -0.05) is 13.8 Å². The van der Waals surface area contributed by atoms with Gasteiger partial charge in [-0.2, -0.15) is 11.8 Å². The van der Waals surface area contributed by atoms with Gasteiger partial charge in [-0.3, -0.25) is 5.41 Å². The van der Waals surface area contributed by atoms with Crippen molar-refractivity contribution in [1.29, 1.82) is 5.41 Å². The number of amidine groups is 1. The molecule has 1 fully saturated rings. The number of piperidine rings is 1. The molecule has 0 radical (unpaired) electrons. The van der Waals surface area contributed by atoms with Gasteiger partial charge < -0.3 is 4.90 Å². The average molecular weight is 214 g/mol. The number of nitrogens with zero attached hydrogens (tertiary/aromatic N) is 1. The Hall–Kier alpha value is -0.180. The van der Waals surface area contributed by atoms with Gasteiger partial charge in [-0.15, -0.1) is 0 Å². The maximum atomic E-state index is 7.93. The summed E-state index contributed by atoms with van der Waals surface area (Å²) in [5, 5.41) is 7.93. The smallest absolute Gasteiger partial charge is 0.106 e. The van der Waals surface area contributed by atoms with E-state index in [0.717, 1.165) is 30.6 Å². The number of thioether (sulfide) groups is 1. The second kappa shape index (κ2) is 6.33. The lowest BCUT2D eigenvalue weighted by atomic mass is 10.1. The lowest BCUT2D eigenvalue weighted by Crippen LogP contribution is -2.36. The van der Waals surface area contributed by atoms with Crippen LogP contribution in [0, 0.1) is 11.3 Å². The Balaban J connectivity index is 2.13. The largest absolute Gasteiger partial charge is 0.360 e. The molecule has 1 saturated heterocycles. The van der Waals surface area contributed by atoms with Gasteiger partial charge in [0, 0.05) is 13.1 Å². The Morgan fingerprint density at radius 1 is 1.29 bits per heavy atom. The van der Waals surface area contributed by atoms with E-state index in [-0.39, 0.29) is 0 Å². The van der Waals surface area contributed by atoms with Crippen LogP contribution in [0.5, 0.6) is 0 Å². The van der Waals surface area contributed by atoms with E-state index in [2.05, 4.69) is 18.7 Å². The highest BCUT2D eigenvalue weighted by Gasteiger charge is 2.12. The standard InChI is InChI=1S/C11H22N2S/c1-10(2)8-14-9-11(12)13-6-4-3-5-7-13/h10,12H,3-9H2,1-2H3. The van der Waals surface area contributed by atoms with Crippen molar-refractivity contribution in [3.63, 3.8) is 0 Å². The van der Waals surface area contributed by atoms with Crippen molar-refractivity contribution in [2.75, 3.05) is 24.6 Å². The van der Waals surface area contributed by atoms with E-state index >= 15 is 0 Å². The van der Waals surface area contributed by atoms with Crippen LogP contribution in [0.3, 0.4) is 0 Å². The molecule has 0 spiro atoms. The summed E-state index contributed by atoms with van der Waals surface area (Å²) >= 11 is 1.90. The third-order valence-corrected chi connectivity index (χ3v) is 3.81. The quantitative estimate of drug-likeness (QED) is 0.575. The van der Waals surface area contributed by atoms with Gasteiger partial charge in [0.25, 0.3) is 0 Å². The number of hydrogen-bond donors (Lipinski definition) is 1. The Kier molecular flexibility index (Phi) is 5.38. The summed E-state index contributed by atoms with van der Waals surface area (Å²) in [7, 11) is 0. The molecule has 0 saturated carbocycles. The first-order chi connectivity index (χ1) is 6.70. The molecule has 1 heterocycles. The number of likely N-dealkylation sites (tertiary alicyclic amines) is 1. The highest BCUT2D eigenvalue weighted by atomic mass is 32.2. The first-order valence-corrected chi connectivity index (χ1v) is 6.75. The summed E-state index contributed by atoms with van der Waals surface area (Å²) in [4.78, 5) is 2.25. The van der Waals surface area contributed by atoms with E-state index in [0.29, 0.717) is 0 Å². The van der Waals surface area contributed by atoms with E-state index in [9.17, 15) is 0 Å². The fraction of sp³-hybridized carbons (Fsp3) is 0.909. The molecule has 1 N–H and O–H groups in total. The van der Waals surface area contributed by atoms with E-state index in [1.807, 2.05) is 11.8 Å². The summed E-state index contributed by atoms with van der Waals surface area (Å²) < 4.78 is 0. The lowest BCUT2D eigenvalue weighted by molar-refractivity contribution is 0.339. The first kappa shape index (κ1) is 11.9. The van der Waals surface area contributed by atoms with Gasteiger partial charge in [0.2, 0.25) is 0 Å². The van der Waals surface area contributed by atoms with Gasteiger partial charge >= 0.3 is 0 Å². The van der Waals surface area contributed by atoms with Crippen molar-refractivity contribution < 1.29 is 0 Å². The maximum absolute atomic E-state index is 7.93. The third kappa shape index (κ3) is 4.36. The van der Waals surface area contributed by atoms with Crippen molar-refractivity contribution in [2.45, 2.75) is 33.1 Å². The van der Waals surface area contributed by atoms with Crippen LogP contribution in [0.15, 0.2) is 0 Å². The molecule has 3 heteroatoms. The Labute approximate surface area is 92.0 Å². The molecule has 0 bridgehead atoms. The molecule has 0 aromatic heterocycles. The van der Waals surface area contributed by atoms with Gasteiger partial charge in [-0.05, 0) is 30.9 Å². The normalized spacial score (nSPS) is 17.5. The molecule has 0 aromatic carbocycles. The highest BCUT2D eigenvalue weighted by Crippen LogP contribution is 2.13. The van der Waals surface area contributed by atoms with Gasteiger partial charge in [0.1, 0.15) is 5.84 Å². The molecule has 0 amide bonds. The molecule has 0 aliphatic carbocycles. The summed E-state index contributed by atoms with van der Waals surface area (Å²) in [5.41, 5.74) is 0. The van der Waals surface area contributed by atoms with E-state index in [4.69, 9.17) is 5.41 Å². The van der Waals surface area contributed by atoms with E-state index in [1.54, 1.807) is 0 Å². The maximum Gasteiger partial charge on any atom is 0.106 e. The van der Waals surface area contributed by atoms with Crippen LogP contribution < -0.4 is 0 Å². The molecule has 1 aliphatic heterocycles. The van der Waals surface area contributed by atoms with Crippen LogP contribution in [0.1, 0.15) is 33.1 Å². The molecular weight excluding hydrogens is 192 g/mol. The van der Waals surface area contributed by atoms with Crippen molar-refractivity contribution in [1.82, 2.24) is 4.90 Å². The molecule has 2 nitrogen and oxygen atoms in total. The molecule has 14 heavy (non-hydrogen) atoms. The number of hydrogen-bond acceptors (Lipinski definition) is 2. The van der Waals surface area contributed by atoms with Crippen molar-refractivity contribution >= 4 is 17.6 Å². The Morgan fingerprint density at radius 3 is 2.50 bits per heavy atom. The Morgan fingerprint density at radius 2 is 1.93 bits per heavy atom. The van der Waals surface area contributed by atoms with Crippen molar-refractivity contribution in [2.24, 2.45) is 5.92 Å². The number of rotatable bonds is 4. The second-order valence-electron chi connectivity index (χ2n) is 4.40. The zero-order chi connectivity index (χ0) is 10.4. The molecule has 1 aliphatic rings. The lowest BCUT2D eigenvalue weighted by Gasteiger charge is -2.28. The van der Waals surface area contributed by atoms with Crippen molar-refractivity contribution in [3.8, 4) is 0 Å². The number of nitrogens with one attached hydrogen (secondary N) is 1. The molecule has 0 atom stereocenters. The predicted octanol–water partition coefficient (Wildman–Crippen LogP) is 2.84. The SMILES string of the molecule is CC(C)CSCC(=N)N1CCCCC1. The fourth-order valence-electron chi connectivity index (χ4n) is 1.65. The van der Waals surface area contributed by atoms with Crippen LogP contribution in [-0.4, -0.2) is 35.3 Å². The predicted molar refractivity (Wildman–Crippen MR) is 65.3 cm³/mol. The first-order valence-electron chi connectivity index (χ1n) is 5.60. The fourth-order valence-corrected chi connectivity index (χ4v) is 2.61. The summed E-state index contributed by atoms with van der Waals surface area (Å²) in [6.45, 7) is 6.69. The Bertz CT molecular complexity index is 174. The second-order valence-corrected chi connectivity index (χ2v) is 5.43. The molecule has 82 valence electrons. The van der Waals surface area contributed by atoms with Crippen LogP contribution >= 0.6 is 11.8 Å². The van der Waals surface area contributed by atoms with Gasteiger partial charge in [-0.25, -0.2) is 0 Å². The van der Waals surface area contributed by atoms with E-state index in [1.165, 1.54) is 25.0 Å². The minimum atomic E-state index is 0.745. The molecule has 0 aromatic rings.